The van der Waals surface area contributed by atoms with Crippen molar-refractivity contribution in [2.75, 3.05) is 20.3 Å². The molecule has 20 heavy (non-hydrogen) atoms. The highest BCUT2D eigenvalue weighted by Gasteiger charge is 2.56. The third-order valence-corrected chi connectivity index (χ3v) is 5.21. The predicted octanol–water partition coefficient (Wildman–Crippen LogP) is 2.88. The second-order valence-corrected chi connectivity index (χ2v) is 6.37. The van der Waals surface area contributed by atoms with Gasteiger partial charge in [0.1, 0.15) is 0 Å². The third-order valence-electron chi connectivity index (χ3n) is 4.92. The molecule has 0 amide bonds. The quantitative estimate of drug-likeness (QED) is 0.841. The van der Waals surface area contributed by atoms with Crippen LogP contribution in [0.4, 0.5) is 0 Å². The Labute approximate surface area is 125 Å². The van der Waals surface area contributed by atoms with E-state index in [0.29, 0.717) is 12.6 Å². The second-order valence-electron chi connectivity index (χ2n) is 5.97. The Morgan fingerprint density at radius 2 is 2.25 bits per heavy atom. The molecule has 112 valence electrons. The molecule has 0 saturated heterocycles. The van der Waals surface area contributed by atoms with Gasteiger partial charge in [-0.25, -0.2) is 0 Å². The van der Waals surface area contributed by atoms with Gasteiger partial charge in [0.05, 0.1) is 36.1 Å². The molecule has 0 aromatic carbocycles. The number of methoxy groups -OCH3 is 1. The summed E-state index contributed by atoms with van der Waals surface area (Å²) in [4.78, 5) is 0. The van der Waals surface area contributed by atoms with Crippen LogP contribution in [0, 0.1) is 17.8 Å². The Hall–Kier alpha value is -0.580. The third kappa shape index (κ3) is 2.49. The zero-order chi connectivity index (χ0) is 14.1. The zero-order valence-corrected chi connectivity index (χ0v) is 13.1. The molecule has 0 aliphatic heterocycles. The minimum atomic E-state index is 0.349. The maximum absolute atomic E-state index is 6.42. The number of halogens is 1. The fraction of sp³-hybridized carbons (Fsp3) is 0.800. The smallest absolute Gasteiger partial charge is 0.0834 e. The fourth-order valence-corrected chi connectivity index (χ4v) is 4.30. The molecule has 0 bridgehead atoms. The maximum Gasteiger partial charge on any atom is 0.0834 e. The molecule has 3 atom stereocenters. The first-order valence-electron chi connectivity index (χ1n) is 7.71. The van der Waals surface area contributed by atoms with Gasteiger partial charge in [0, 0.05) is 7.11 Å². The second kappa shape index (κ2) is 6.04. The van der Waals surface area contributed by atoms with Crippen LogP contribution in [0.15, 0.2) is 6.20 Å². The van der Waals surface area contributed by atoms with Crippen molar-refractivity contribution < 1.29 is 4.74 Å². The molecule has 2 fully saturated rings. The Balaban J connectivity index is 1.82. The summed E-state index contributed by atoms with van der Waals surface area (Å²) in [5.41, 5.74) is 1.16. The largest absolute Gasteiger partial charge is 0.383 e. The minimum Gasteiger partial charge on any atom is -0.383 e. The summed E-state index contributed by atoms with van der Waals surface area (Å²) in [7, 11) is 1.72. The average molecular weight is 298 g/mol. The summed E-state index contributed by atoms with van der Waals surface area (Å²) < 4.78 is 7.20. The molecule has 0 spiro atoms. The molecule has 2 saturated carbocycles. The van der Waals surface area contributed by atoms with Crippen LogP contribution < -0.4 is 5.32 Å². The molecule has 1 aromatic heterocycles. The van der Waals surface area contributed by atoms with Crippen LogP contribution in [-0.4, -0.2) is 30.0 Å². The summed E-state index contributed by atoms with van der Waals surface area (Å²) in [6.07, 6.45) is 5.96. The molecule has 5 heteroatoms. The number of hydrogen-bond donors (Lipinski definition) is 1. The van der Waals surface area contributed by atoms with Crippen LogP contribution in [0.5, 0.6) is 0 Å². The predicted molar refractivity (Wildman–Crippen MR) is 79.9 cm³/mol. The van der Waals surface area contributed by atoms with E-state index < -0.39 is 0 Å². The van der Waals surface area contributed by atoms with Crippen LogP contribution >= 0.6 is 11.6 Å². The van der Waals surface area contributed by atoms with Crippen molar-refractivity contribution in [3.05, 3.63) is 16.9 Å². The number of fused-ring (bicyclic) bond motifs is 1. The standard InChI is InChI=1S/C15H24ClN3O/c1-3-17-14(13-10-5-4-6-11(10)13)15-12(16)9-18-19(15)7-8-20-2/h9-11,13-14,17H,3-8H2,1-2H3. The lowest BCUT2D eigenvalue weighted by atomic mass is 10.0. The van der Waals surface area contributed by atoms with Gasteiger partial charge in [0.15, 0.2) is 0 Å². The van der Waals surface area contributed by atoms with Crippen LogP contribution in [0.1, 0.15) is 37.9 Å². The van der Waals surface area contributed by atoms with Crippen LogP contribution in [0.2, 0.25) is 5.02 Å². The van der Waals surface area contributed by atoms with E-state index in [4.69, 9.17) is 16.3 Å². The van der Waals surface area contributed by atoms with Crippen molar-refractivity contribution in [2.45, 2.75) is 38.8 Å². The Kier molecular flexibility index (Phi) is 4.34. The van der Waals surface area contributed by atoms with E-state index in [9.17, 15) is 0 Å². The van der Waals surface area contributed by atoms with Gasteiger partial charge in [-0.1, -0.05) is 24.9 Å². The zero-order valence-electron chi connectivity index (χ0n) is 12.3. The van der Waals surface area contributed by atoms with Gasteiger partial charge >= 0.3 is 0 Å². The Morgan fingerprint density at radius 3 is 2.90 bits per heavy atom. The van der Waals surface area contributed by atoms with Crippen molar-refractivity contribution >= 4 is 11.6 Å². The van der Waals surface area contributed by atoms with Gasteiger partial charge in [-0.2, -0.15) is 5.10 Å². The molecule has 3 unspecified atom stereocenters. The molecule has 0 radical (unpaired) electrons. The van der Waals surface area contributed by atoms with Crippen LogP contribution in [0.25, 0.3) is 0 Å². The Bertz CT molecular complexity index is 452. The molecule has 1 heterocycles. The monoisotopic (exact) mass is 297 g/mol. The Morgan fingerprint density at radius 1 is 1.50 bits per heavy atom. The molecule has 4 nitrogen and oxygen atoms in total. The van der Waals surface area contributed by atoms with Gasteiger partial charge in [-0.3, -0.25) is 4.68 Å². The number of hydrogen-bond acceptors (Lipinski definition) is 3. The van der Waals surface area contributed by atoms with E-state index in [-0.39, 0.29) is 0 Å². The first-order chi connectivity index (χ1) is 9.77. The van der Waals surface area contributed by atoms with Gasteiger partial charge < -0.3 is 10.1 Å². The van der Waals surface area contributed by atoms with Crippen molar-refractivity contribution in [1.29, 1.82) is 0 Å². The number of ether oxygens (including phenoxy) is 1. The van der Waals surface area contributed by atoms with Crippen LogP contribution in [0.3, 0.4) is 0 Å². The van der Waals surface area contributed by atoms with Crippen molar-refractivity contribution in [3.63, 3.8) is 0 Å². The number of nitrogens with one attached hydrogen (secondary N) is 1. The van der Waals surface area contributed by atoms with Crippen LogP contribution in [-0.2, 0) is 11.3 Å². The molecule has 3 rings (SSSR count). The molecular formula is C15H24ClN3O. The normalized spacial score (nSPS) is 29.4. The first kappa shape index (κ1) is 14.4. The molecule has 1 N–H and O–H groups in total. The highest BCUT2D eigenvalue weighted by molar-refractivity contribution is 6.31. The van der Waals surface area contributed by atoms with E-state index in [0.717, 1.165) is 41.6 Å². The summed E-state index contributed by atoms with van der Waals surface area (Å²) in [6.45, 7) is 4.56. The lowest BCUT2D eigenvalue weighted by Gasteiger charge is -2.22. The van der Waals surface area contributed by atoms with E-state index in [1.165, 1.54) is 19.3 Å². The number of aromatic nitrogens is 2. The summed E-state index contributed by atoms with van der Waals surface area (Å²) in [5, 5.41) is 8.86. The van der Waals surface area contributed by atoms with Crippen molar-refractivity contribution in [2.24, 2.45) is 17.8 Å². The highest BCUT2D eigenvalue weighted by atomic mass is 35.5. The fourth-order valence-electron chi connectivity index (χ4n) is 4.04. The topological polar surface area (TPSA) is 39.1 Å². The number of nitrogens with zero attached hydrogens (tertiary/aromatic N) is 2. The van der Waals surface area contributed by atoms with Crippen molar-refractivity contribution in [3.8, 4) is 0 Å². The van der Waals surface area contributed by atoms with E-state index in [1.807, 2.05) is 4.68 Å². The molecule has 1 aromatic rings. The first-order valence-corrected chi connectivity index (χ1v) is 8.09. The lowest BCUT2D eigenvalue weighted by Crippen LogP contribution is -2.28. The van der Waals surface area contributed by atoms with E-state index in [2.05, 4.69) is 17.3 Å². The van der Waals surface area contributed by atoms with Crippen molar-refractivity contribution in [1.82, 2.24) is 15.1 Å². The highest BCUT2D eigenvalue weighted by Crippen LogP contribution is 2.62. The molecule has 2 aliphatic rings. The summed E-state index contributed by atoms with van der Waals surface area (Å²) in [6, 6.07) is 0.349. The summed E-state index contributed by atoms with van der Waals surface area (Å²) >= 11 is 6.42. The van der Waals surface area contributed by atoms with Gasteiger partial charge in [-0.05, 0) is 37.1 Å². The summed E-state index contributed by atoms with van der Waals surface area (Å²) in [5.74, 6) is 2.56. The van der Waals surface area contributed by atoms with Gasteiger partial charge in [0.2, 0.25) is 0 Å². The SMILES string of the molecule is CCNC(c1c(Cl)cnn1CCOC)C1C2CCCC21. The maximum atomic E-state index is 6.42. The van der Waals surface area contributed by atoms with Gasteiger partial charge in [-0.15, -0.1) is 0 Å². The van der Waals surface area contributed by atoms with Gasteiger partial charge in [0.25, 0.3) is 0 Å². The van der Waals surface area contributed by atoms with E-state index >= 15 is 0 Å². The average Bonchev–Trinajstić information content (AvgIpc) is 2.78. The lowest BCUT2D eigenvalue weighted by molar-refractivity contribution is 0.181. The minimum absolute atomic E-state index is 0.349. The molecular weight excluding hydrogens is 274 g/mol. The number of rotatable bonds is 7. The van der Waals surface area contributed by atoms with E-state index in [1.54, 1.807) is 13.3 Å². The molecule has 2 aliphatic carbocycles.